The molecule has 1 aromatic heterocycles. The molecule has 2 rings (SSSR count). The molecule has 5 N–H and O–H groups in total. The van der Waals surface area contributed by atoms with Gasteiger partial charge in [0.05, 0.1) is 11.6 Å². The number of fused-ring (bicyclic) bond motifs is 1. The van der Waals surface area contributed by atoms with Crippen molar-refractivity contribution in [3.63, 3.8) is 0 Å². The molecule has 0 saturated heterocycles. The first kappa shape index (κ1) is 19.8. The number of hydrogen-bond acceptors (Lipinski definition) is 6. The van der Waals surface area contributed by atoms with Crippen molar-refractivity contribution in [2.75, 3.05) is 31.6 Å². The van der Waals surface area contributed by atoms with Crippen molar-refractivity contribution < 1.29 is 18.0 Å². The second kappa shape index (κ2) is 7.00. The molecule has 0 spiro atoms. The number of aromatic nitrogens is 1. The number of anilines is 1. The lowest BCUT2D eigenvalue weighted by Crippen LogP contribution is -2.44. The molecule has 140 valence electrons. The van der Waals surface area contributed by atoms with Gasteiger partial charge in [0.1, 0.15) is 15.6 Å². The average Bonchev–Trinajstić information content (AvgIpc) is 2.78. The zero-order valence-electron chi connectivity index (χ0n) is 14.3. The number of primary amides is 1. The van der Waals surface area contributed by atoms with Crippen molar-refractivity contribution >= 4 is 23.5 Å². The summed E-state index contributed by atoms with van der Waals surface area (Å²) in [4.78, 5) is 17.7. The maximum atomic E-state index is 13.6. The fraction of sp³-hybridized carbons (Fsp3) is 0.600. The lowest BCUT2D eigenvalue weighted by atomic mass is 9.92. The van der Waals surface area contributed by atoms with Crippen LogP contribution in [0, 0.1) is 0 Å². The number of carbonyl (C=O) groups excluding carboxylic acids is 1. The molecule has 1 aliphatic rings. The third-order valence-electron chi connectivity index (χ3n) is 4.28. The summed E-state index contributed by atoms with van der Waals surface area (Å²) in [6.45, 7) is 5.25. The maximum absolute atomic E-state index is 13.6. The van der Waals surface area contributed by atoms with Crippen molar-refractivity contribution in [3.05, 3.63) is 17.2 Å². The van der Waals surface area contributed by atoms with Crippen LogP contribution in [0.4, 0.5) is 19.0 Å². The minimum absolute atomic E-state index is 0.105. The molecule has 6 nitrogen and oxygen atoms in total. The van der Waals surface area contributed by atoms with Gasteiger partial charge < -0.3 is 21.7 Å². The summed E-state index contributed by atoms with van der Waals surface area (Å²) in [6.07, 6.45) is -4.61. The highest BCUT2D eigenvalue weighted by molar-refractivity contribution is 8.01. The van der Waals surface area contributed by atoms with E-state index in [1.807, 2.05) is 6.92 Å². The molecule has 25 heavy (non-hydrogen) atoms. The first-order chi connectivity index (χ1) is 11.5. The SMILES string of the molecule is CCNCCN(C)c1cc(C(F)(F)F)c2c(n1)SC(C)(C(N)=O)C2N. The zero-order valence-corrected chi connectivity index (χ0v) is 15.1. The van der Waals surface area contributed by atoms with E-state index in [2.05, 4.69) is 10.3 Å². The fourth-order valence-corrected chi connectivity index (χ4v) is 3.84. The van der Waals surface area contributed by atoms with E-state index in [1.165, 1.54) is 6.92 Å². The minimum Gasteiger partial charge on any atom is -0.368 e. The number of pyridine rings is 1. The molecule has 1 aromatic rings. The number of nitrogens with zero attached hydrogens (tertiary/aromatic N) is 2. The van der Waals surface area contributed by atoms with Gasteiger partial charge in [-0.3, -0.25) is 4.79 Å². The molecule has 2 unspecified atom stereocenters. The van der Waals surface area contributed by atoms with Crippen LogP contribution in [0.15, 0.2) is 11.1 Å². The van der Waals surface area contributed by atoms with Gasteiger partial charge in [-0.1, -0.05) is 18.7 Å². The molecule has 0 bridgehead atoms. The van der Waals surface area contributed by atoms with Gasteiger partial charge in [0.2, 0.25) is 5.91 Å². The van der Waals surface area contributed by atoms with E-state index in [9.17, 15) is 18.0 Å². The Hall–Kier alpha value is -1.52. The smallest absolute Gasteiger partial charge is 0.368 e. The molecule has 1 aliphatic heterocycles. The van der Waals surface area contributed by atoms with Crippen LogP contribution >= 0.6 is 11.8 Å². The van der Waals surface area contributed by atoms with Gasteiger partial charge in [0.15, 0.2) is 0 Å². The van der Waals surface area contributed by atoms with Crippen LogP contribution in [0.2, 0.25) is 0 Å². The van der Waals surface area contributed by atoms with Gasteiger partial charge in [0, 0.05) is 25.7 Å². The number of alkyl halides is 3. The Labute approximate surface area is 148 Å². The lowest BCUT2D eigenvalue weighted by Gasteiger charge is -2.25. The number of nitrogens with one attached hydrogen (secondary N) is 1. The van der Waals surface area contributed by atoms with Gasteiger partial charge in [0.25, 0.3) is 0 Å². The summed E-state index contributed by atoms with van der Waals surface area (Å²) in [7, 11) is 1.67. The van der Waals surface area contributed by atoms with Crippen LogP contribution in [0.5, 0.6) is 0 Å². The van der Waals surface area contributed by atoms with E-state index in [4.69, 9.17) is 11.5 Å². The zero-order chi connectivity index (χ0) is 19.0. The molecule has 0 aromatic carbocycles. The minimum atomic E-state index is -4.61. The first-order valence-electron chi connectivity index (χ1n) is 7.80. The highest BCUT2D eigenvalue weighted by Gasteiger charge is 2.51. The Bertz CT molecular complexity index is 669. The van der Waals surface area contributed by atoms with Crippen LogP contribution in [0.3, 0.4) is 0 Å². The van der Waals surface area contributed by atoms with Crippen LogP contribution in [-0.4, -0.2) is 42.3 Å². The summed E-state index contributed by atoms with van der Waals surface area (Å²) in [5.74, 6) is -0.587. The molecule has 0 saturated carbocycles. The van der Waals surface area contributed by atoms with E-state index in [0.29, 0.717) is 13.1 Å². The van der Waals surface area contributed by atoms with E-state index in [0.717, 1.165) is 24.4 Å². The number of carbonyl (C=O) groups is 1. The van der Waals surface area contributed by atoms with Crippen molar-refractivity contribution in [1.29, 1.82) is 0 Å². The number of thioether (sulfide) groups is 1. The second-order valence-corrected chi connectivity index (χ2v) is 7.51. The fourth-order valence-electron chi connectivity index (χ4n) is 2.61. The van der Waals surface area contributed by atoms with E-state index < -0.39 is 28.4 Å². The molecule has 2 heterocycles. The van der Waals surface area contributed by atoms with E-state index in [1.54, 1.807) is 11.9 Å². The topological polar surface area (TPSA) is 97.3 Å². The van der Waals surface area contributed by atoms with Gasteiger partial charge in [-0.05, 0) is 19.5 Å². The highest BCUT2D eigenvalue weighted by atomic mass is 32.2. The first-order valence-corrected chi connectivity index (χ1v) is 8.62. The normalized spacial score (nSPS) is 22.8. The number of halogens is 3. The number of rotatable bonds is 6. The summed E-state index contributed by atoms with van der Waals surface area (Å²) >= 11 is 0.892. The number of amides is 1. The van der Waals surface area contributed by atoms with Crippen molar-refractivity contribution in [1.82, 2.24) is 10.3 Å². The van der Waals surface area contributed by atoms with Gasteiger partial charge >= 0.3 is 6.18 Å². The predicted molar refractivity (Wildman–Crippen MR) is 91.4 cm³/mol. The molecule has 2 atom stereocenters. The van der Waals surface area contributed by atoms with Crippen molar-refractivity contribution in [3.8, 4) is 0 Å². The highest BCUT2D eigenvalue weighted by Crippen LogP contribution is 2.53. The lowest BCUT2D eigenvalue weighted by molar-refractivity contribution is -0.138. The molecule has 0 aliphatic carbocycles. The molecular formula is C15H22F3N5OS. The number of likely N-dealkylation sites (N-methyl/N-ethyl adjacent to an activating group) is 2. The monoisotopic (exact) mass is 377 g/mol. The summed E-state index contributed by atoms with van der Waals surface area (Å²) < 4.78 is 39.4. The summed E-state index contributed by atoms with van der Waals surface area (Å²) in [5, 5.41) is 3.21. The molecular weight excluding hydrogens is 355 g/mol. The number of nitrogens with two attached hydrogens (primary N) is 2. The summed E-state index contributed by atoms with van der Waals surface area (Å²) in [5.41, 5.74) is 10.3. The predicted octanol–water partition coefficient (Wildman–Crippen LogP) is 1.50. The van der Waals surface area contributed by atoms with Crippen LogP contribution in [0.1, 0.15) is 31.0 Å². The third-order valence-corrected chi connectivity index (χ3v) is 5.67. The Morgan fingerprint density at radius 2 is 2.16 bits per heavy atom. The molecule has 1 amide bonds. The van der Waals surface area contributed by atoms with Gasteiger partial charge in [-0.2, -0.15) is 13.2 Å². The largest absolute Gasteiger partial charge is 0.416 e. The van der Waals surface area contributed by atoms with E-state index in [-0.39, 0.29) is 16.4 Å². The third kappa shape index (κ3) is 3.70. The molecule has 0 radical (unpaired) electrons. The van der Waals surface area contributed by atoms with Crippen molar-refractivity contribution in [2.24, 2.45) is 11.5 Å². The Morgan fingerprint density at radius 3 is 2.68 bits per heavy atom. The van der Waals surface area contributed by atoms with Crippen LogP contribution in [0.25, 0.3) is 0 Å². The van der Waals surface area contributed by atoms with Gasteiger partial charge in [-0.15, -0.1) is 0 Å². The van der Waals surface area contributed by atoms with Gasteiger partial charge in [-0.25, -0.2) is 4.98 Å². The second-order valence-electron chi connectivity index (χ2n) is 6.07. The van der Waals surface area contributed by atoms with Crippen LogP contribution in [-0.2, 0) is 11.0 Å². The van der Waals surface area contributed by atoms with Crippen LogP contribution < -0.4 is 21.7 Å². The quantitative estimate of drug-likeness (QED) is 0.650. The average molecular weight is 377 g/mol. The molecule has 0 fully saturated rings. The molecule has 10 heteroatoms. The number of hydrogen-bond donors (Lipinski definition) is 3. The standard InChI is InChI=1S/C15H22F3N5OS/c1-4-21-5-6-23(3)9-7-8(15(16,17)18)10-11(19)14(2,13(20)24)25-12(10)22-9/h7,11,21H,4-6,19H2,1-3H3,(H2,20,24). The maximum Gasteiger partial charge on any atom is 0.416 e. The Kier molecular flexibility index (Phi) is 5.55. The van der Waals surface area contributed by atoms with E-state index >= 15 is 0 Å². The Morgan fingerprint density at radius 1 is 1.52 bits per heavy atom. The summed E-state index contributed by atoms with van der Waals surface area (Å²) in [6, 6.07) is -0.187. The van der Waals surface area contributed by atoms with Crippen molar-refractivity contribution in [2.45, 2.75) is 35.8 Å². The Balaban J connectivity index is 2.49.